The van der Waals surface area contributed by atoms with E-state index in [0.29, 0.717) is 11.3 Å². The third-order valence-corrected chi connectivity index (χ3v) is 15.2. The van der Waals surface area contributed by atoms with E-state index in [-0.39, 0.29) is 5.41 Å². The summed E-state index contributed by atoms with van der Waals surface area (Å²) in [5.41, 5.74) is 17.8. The van der Waals surface area contributed by atoms with Crippen molar-refractivity contribution < 1.29 is 0 Å². The fourth-order valence-corrected chi connectivity index (χ4v) is 12.9. The largest absolute Gasteiger partial charge is 0.310 e. The van der Waals surface area contributed by atoms with Crippen molar-refractivity contribution in [3.05, 3.63) is 162 Å². The molecule has 6 aliphatic carbocycles. The first kappa shape index (κ1) is 34.4. The molecular formula is C55H55N. The standard InChI is InChI=1S/C55H55N/c1-54(2)52-28-19-43(49-16-10-9-15-48(49)42-13-7-4-8-14-42)32-51(52)50-27-26-47(33-53(50)54)56(45-22-17-41(18-23-45)40-11-5-3-6-12-40)46-24-20-44(21-25-46)55-34-37-29-38(35-55)31-39(30-37)36-55/h4,7-10,13-28,32-33,37-40H,3,5-6,11-12,29-31,34-36H2,1-2H3. The molecule has 56 heavy (non-hydrogen) atoms. The number of hydrogen-bond acceptors (Lipinski definition) is 1. The summed E-state index contributed by atoms with van der Waals surface area (Å²) in [5.74, 6) is 3.56. The quantitative estimate of drug-likeness (QED) is 0.158. The second-order valence-corrected chi connectivity index (χ2v) is 19.0. The van der Waals surface area contributed by atoms with Gasteiger partial charge in [-0.25, -0.2) is 0 Å². The van der Waals surface area contributed by atoms with Gasteiger partial charge in [-0.3, -0.25) is 0 Å². The van der Waals surface area contributed by atoms with Gasteiger partial charge < -0.3 is 4.90 Å². The fraction of sp³-hybridized carbons (Fsp3) is 0.345. The normalized spacial score (nSPS) is 24.5. The molecule has 0 aromatic heterocycles. The minimum Gasteiger partial charge on any atom is -0.310 e. The van der Waals surface area contributed by atoms with Gasteiger partial charge in [0, 0.05) is 22.5 Å². The van der Waals surface area contributed by atoms with Crippen molar-refractivity contribution in [1.82, 2.24) is 0 Å². The predicted molar refractivity (Wildman–Crippen MR) is 235 cm³/mol. The van der Waals surface area contributed by atoms with E-state index < -0.39 is 0 Å². The molecule has 1 nitrogen and oxygen atoms in total. The summed E-state index contributed by atoms with van der Waals surface area (Å²) in [7, 11) is 0. The van der Waals surface area contributed by atoms with Gasteiger partial charge in [0.1, 0.15) is 0 Å². The SMILES string of the molecule is CC1(C)c2ccc(-c3ccccc3-c3ccccc3)cc2-c2ccc(N(c3ccc(C4CCCCC4)cc3)c3ccc(C45CC6CC(CC(C6)C4)C5)cc3)cc21. The molecule has 0 aliphatic heterocycles. The molecule has 0 N–H and O–H groups in total. The lowest BCUT2D eigenvalue weighted by molar-refractivity contribution is -0.00518. The molecule has 0 unspecified atom stereocenters. The van der Waals surface area contributed by atoms with Crippen LogP contribution >= 0.6 is 0 Å². The summed E-state index contributed by atoms with van der Waals surface area (Å²) in [6.07, 6.45) is 15.5. The number of fused-ring (bicyclic) bond motifs is 3. The highest BCUT2D eigenvalue weighted by molar-refractivity contribution is 5.90. The van der Waals surface area contributed by atoms with E-state index in [1.54, 1.807) is 5.56 Å². The van der Waals surface area contributed by atoms with Gasteiger partial charge in [0.2, 0.25) is 0 Å². The summed E-state index contributed by atoms with van der Waals surface area (Å²) in [6, 6.07) is 53.8. The molecule has 280 valence electrons. The third kappa shape index (κ3) is 5.71. The maximum Gasteiger partial charge on any atom is 0.0465 e. The van der Waals surface area contributed by atoms with E-state index in [1.807, 2.05) is 0 Å². The molecule has 6 aromatic rings. The first-order chi connectivity index (χ1) is 27.4. The zero-order valence-electron chi connectivity index (χ0n) is 33.3. The molecule has 6 aromatic carbocycles. The van der Waals surface area contributed by atoms with E-state index in [1.165, 1.54) is 138 Å². The average Bonchev–Trinajstić information content (AvgIpc) is 3.46. The molecule has 1 heteroatoms. The van der Waals surface area contributed by atoms with E-state index in [4.69, 9.17) is 0 Å². The van der Waals surface area contributed by atoms with Gasteiger partial charge in [-0.2, -0.15) is 0 Å². The molecule has 6 aliphatic rings. The Labute approximate surface area is 334 Å². The summed E-state index contributed by atoms with van der Waals surface area (Å²) in [5, 5.41) is 0. The zero-order valence-corrected chi connectivity index (χ0v) is 33.3. The van der Waals surface area contributed by atoms with Crippen molar-refractivity contribution in [3.63, 3.8) is 0 Å². The van der Waals surface area contributed by atoms with E-state index in [0.717, 1.165) is 17.8 Å². The Bertz CT molecular complexity index is 2360. The van der Waals surface area contributed by atoms with Gasteiger partial charge >= 0.3 is 0 Å². The number of rotatable bonds is 7. The second-order valence-electron chi connectivity index (χ2n) is 19.0. The molecule has 5 saturated carbocycles. The molecule has 12 rings (SSSR count). The lowest BCUT2D eigenvalue weighted by atomic mass is 9.48. The van der Waals surface area contributed by atoms with Gasteiger partial charge in [-0.05, 0) is 179 Å². The van der Waals surface area contributed by atoms with E-state index in [2.05, 4.69) is 158 Å². The summed E-state index contributed by atoms with van der Waals surface area (Å²) in [6.45, 7) is 4.84. The highest BCUT2D eigenvalue weighted by Gasteiger charge is 2.51. The topological polar surface area (TPSA) is 3.24 Å². The Morgan fingerprint density at radius 1 is 0.464 bits per heavy atom. The van der Waals surface area contributed by atoms with Crippen LogP contribution in [0.15, 0.2) is 140 Å². The second kappa shape index (κ2) is 13.4. The van der Waals surface area contributed by atoms with Crippen molar-refractivity contribution in [3.8, 4) is 33.4 Å². The lowest BCUT2D eigenvalue weighted by Crippen LogP contribution is -2.48. The number of hydrogen-bond donors (Lipinski definition) is 0. The van der Waals surface area contributed by atoms with E-state index in [9.17, 15) is 0 Å². The first-order valence-electron chi connectivity index (χ1n) is 21.9. The minimum atomic E-state index is -0.114. The van der Waals surface area contributed by atoms with E-state index >= 15 is 0 Å². The molecule has 0 atom stereocenters. The molecule has 0 radical (unpaired) electrons. The molecular weight excluding hydrogens is 675 g/mol. The van der Waals surface area contributed by atoms with Crippen LogP contribution in [0.5, 0.6) is 0 Å². The highest BCUT2D eigenvalue weighted by Crippen LogP contribution is 2.61. The van der Waals surface area contributed by atoms with Crippen LogP contribution < -0.4 is 4.90 Å². The maximum absolute atomic E-state index is 2.54. The molecule has 0 saturated heterocycles. The maximum atomic E-state index is 2.54. The van der Waals surface area contributed by atoms with Crippen LogP contribution in [-0.4, -0.2) is 0 Å². The van der Waals surface area contributed by atoms with Crippen molar-refractivity contribution >= 4 is 17.1 Å². The highest BCUT2D eigenvalue weighted by atomic mass is 15.1. The molecule has 0 amide bonds. The molecule has 5 fully saturated rings. The monoisotopic (exact) mass is 729 g/mol. The predicted octanol–water partition coefficient (Wildman–Crippen LogP) is 15.3. The van der Waals surface area contributed by atoms with Gasteiger partial charge in [-0.15, -0.1) is 0 Å². The summed E-state index contributed by atoms with van der Waals surface area (Å²) < 4.78 is 0. The number of anilines is 3. The Kier molecular flexibility index (Phi) is 8.20. The van der Waals surface area contributed by atoms with Crippen molar-refractivity contribution in [2.75, 3.05) is 4.90 Å². The summed E-state index contributed by atoms with van der Waals surface area (Å²) >= 11 is 0. The smallest absolute Gasteiger partial charge is 0.0465 e. The summed E-state index contributed by atoms with van der Waals surface area (Å²) in [4.78, 5) is 2.54. The van der Waals surface area contributed by atoms with Crippen LogP contribution in [0.1, 0.15) is 113 Å². The van der Waals surface area contributed by atoms with Crippen molar-refractivity contribution in [1.29, 1.82) is 0 Å². The van der Waals surface area contributed by atoms with Crippen LogP contribution in [0.3, 0.4) is 0 Å². The molecule has 0 spiro atoms. The van der Waals surface area contributed by atoms with Gasteiger partial charge in [0.05, 0.1) is 0 Å². The number of benzene rings is 6. The molecule has 0 heterocycles. The van der Waals surface area contributed by atoms with Gasteiger partial charge in [-0.1, -0.05) is 130 Å². The van der Waals surface area contributed by atoms with Crippen LogP contribution in [0.25, 0.3) is 33.4 Å². The van der Waals surface area contributed by atoms with Crippen molar-refractivity contribution in [2.45, 2.75) is 101 Å². The van der Waals surface area contributed by atoms with Gasteiger partial charge in [0.25, 0.3) is 0 Å². The van der Waals surface area contributed by atoms with Crippen LogP contribution in [-0.2, 0) is 10.8 Å². The van der Waals surface area contributed by atoms with Crippen LogP contribution in [0, 0.1) is 17.8 Å². The lowest BCUT2D eigenvalue weighted by Gasteiger charge is -2.57. The zero-order chi connectivity index (χ0) is 37.4. The minimum absolute atomic E-state index is 0.114. The fourth-order valence-electron chi connectivity index (χ4n) is 12.9. The first-order valence-corrected chi connectivity index (χ1v) is 21.9. The third-order valence-electron chi connectivity index (χ3n) is 15.2. The Balaban J connectivity index is 0.981. The Morgan fingerprint density at radius 2 is 1.05 bits per heavy atom. The van der Waals surface area contributed by atoms with Crippen LogP contribution in [0.4, 0.5) is 17.1 Å². The van der Waals surface area contributed by atoms with Crippen molar-refractivity contribution in [2.24, 2.45) is 17.8 Å². The number of nitrogens with zero attached hydrogens (tertiary/aromatic N) is 1. The Morgan fingerprint density at radius 3 is 1.71 bits per heavy atom. The Hall–Kier alpha value is -4.88. The molecule has 4 bridgehead atoms. The van der Waals surface area contributed by atoms with Crippen LogP contribution in [0.2, 0.25) is 0 Å². The average molecular weight is 730 g/mol. The van der Waals surface area contributed by atoms with Gasteiger partial charge in [0.15, 0.2) is 0 Å².